The Morgan fingerprint density at radius 3 is 2.59 bits per heavy atom. The van der Waals surface area contributed by atoms with E-state index in [0.717, 1.165) is 24.3 Å². The van der Waals surface area contributed by atoms with Gasteiger partial charge < -0.3 is 13.9 Å². The SMILES string of the molecule is COc1ccc(OCc2ccc(/C=C/C(=O)C3CC3)o2)cc1. The maximum absolute atomic E-state index is 11.6. The van der Waals surface area contributed by atoms with E-state index in [1.165, 1.54) is 0 Å². The Labute approximate surface area is 129 Å². The summed E-state index contributed by atoms with van der Waals surface area (Å²) < 4.78 is 16.3. The lowest BCUT2D eigenvalue weighted by Crippen LogP contribution is -1.94. The van der Waals surface area contributed by atoms with Crippen molar-refractivity contribution in [2.75, 3.05) is 7.11 Å². The first kappa shape index (κ1) is 14.4. The molecular formula is C18H18O4. The first-order chi connectivity index (χ1) is 10.7. The van der Waals surface area contributed by atoms with Crippen LogP contribution < -0.4 is 9.47 Å². The zero-order valence-corrected chi connectivity index (χ0v) is 12.5. The van der Waals surface area contributed by atoms with Crippen LogP contribution in [0.1, 0.15) is 24.4 Å². The Kier molecular flexibility index (Phi) is 4.28. The molecule has 2 aromatic rings. The van der Waals surface area contributed by atoms with E-state index in [1.54, 1.807) is 19.3 Å². The highest BCUT2D eigenvalue weighted by Gasteiger charge is 2.27. The second-order valence-electron chi connectivity index (χ2n) is 5.28. The monoisotopic (exact) mass is 298 g/mol. The molecule has 22 heavy (non-hydrogen) atoms. The highest BCUT2D eigenvalue weighted by molar-refractivity contribution is 5.96. The van der Waals surface area contributed by atoms with Crippen LogP contribution in [0.2, 0.25) is 0 Å². The van der Waals surface area contributed by atoms with Crippen LogP contribution in [0.4, 0.5) is 0 Å². The number of carbonyl (C=O) groups excluding carboxylic acids is 1. The van der Waals surface area contributed by atoms with Crippen LogP contribution in [0.3, 0.4) is 0 Å². The lowest BCUT2D eigenvalue weighted by Gasteiger charge is -2.05. The molecule has 4 nitrogen and oxygen atoms in total. The molecule has 0 saturated heterocycles. The van der Waals surface area contributed by atoms with Crippen LogP contribution in [-0.4, -0.2) is 12.9 Å². The van der Waals surface area contributed by atoms with E-state index in [0.29, 0.717) is 18.1 Å². The van der Waals surface area contributed by atoms with E-state index >= 15 is 0 Å². The van der Waals surface area contributed by atoms with Gasteiger partial charge in [0.05, 0.1) is 7.11 Å². The molecule has 1 aliphatic rings. The van der Waals surface area contributed by atoms with Gasteiger partial charge in [0, 0.05) is 5.92 Å². The predicted octanol–water partition coefficient (Wildman–Crippen LogP) is 3.86. The fraction of sp³-hybridized carbons (Fsp3) is 0.278. The molecule has 3 rings (SSSR count). The second kappa shape index (κ2) is 6.52. The number of hydrogen-bond donors (Lipinski definition) is 0. The maximum Gasteiger partial charge on any atom is 0.158 e. The van der Waals surface area contributed by atoms with E-state index in [-0.39, 0.29) is 11.7 Å². The number of rotatable bonds is 7. The molecule has 0 amide bonds. The van der Waals surface area contributed by atoms with Gasteiger partial charge in [0.15, 0.2) is 5.78 Å². The number of benzene rings is 1. The normalized spacial score (nSPS) is 14.2. The van der Waals surface area contributed by atoms with E-state index in [9.17, 15) is 4.79 Å². The summed E-state index contributed by atoms with van der Waals surface area (Å²) in [6, 6.07) is 11.1. The van der Waals surface area contributed by atoms with Crippen LogP contribution in [-0.2, 0) is 11.4 Å². The molecule has 1 aromatic carbocycles. The summed E-state index contributed by atoms with van der Waals surface area (Å²) in [6.07, 6.45) is 5.35. The molecule has 1 heterocycles. The summed E-state index contributed by atoms with van der Waals surface area (Å²) in [6.45, 7) is 0.344. The molecule has 4 heteroatoms. The van der Waals surface area contributed by atoms with Crippen molar-refractivity contribution in [3.8, 4) is 11.5 Å². The molecule has 1 aliphatic carbocycles. The third-order valence-electron chi connectivity index (χ3n) is 3.51. The molecular weight excluding hydrogens is 280 g/mol. The number of methoxy groups -OCH3 is 1. The van der Waals surface area contributed by atoms with Gasteiger partial charge in [0.2, 0.25) is 0 Å². The molecule has 0 aliphatic heterocycles. The quantitative estimate of drug-likeness (QED) is 0.728. The molecule has 1 saturated carbocycles. The zero-order chi connectivity index (χ0) is 15.4. The third-order valence-corrected chi connectivity index (χ3v) is 3.51. The Balaban J connectivity index is 1.53. The van der Waals surface area contributed by atoms with Crippen molar-refractivity contribution in [1.82, 2.24) is 0 Å². The highest BCUT2D eigenvalue weighted by atomic mass is 16.5. The minimum absolute atomic E-state index is 0.187. The van der Waals surface area contributed by atoms with Gasteiger partial charge in [0.25, 0.3) is 0 Å². The van der Waals surface area contributed by atoms with Gasteiger partial charge in [-0.3, -0.25) is 4.79 Å². The van der Waals surface area contributed by atoms with Crippen LogP contribution in [0.5, 0.6) is 11.5 Å². The van der Waals surface area contributed by atoms with Crippen molar-refractivity contribution in [3.05, 3.63) is 54.0 Å². The van der Waals surface area contributed by atoms with Crippen molar-refractivity contribution in [2.45, 2.75) is 19.4 Å². The minimum atomic E-state index is 0.187. The van der Waals surface area contributed by atoms with Gasteiger partial charge in [-0.2, -0.15) is 0 Å². The molecule has 0 N–H and O–H groups in total. The van der Waals surface area contributed by atoms with Gasteiger partial charge in [0.1, 0.15) is 29.6 Å². The van der Waals surface area contributed by atoms with Crippen LogP contribution in [0, 0.1) is 5.92 Å². The molecule has 1 aromatic heterocycles. The molecule has 0 unspecified atom stereocenters. The molecule has 0 radical (unpaired) electrons. The van der Waals surface area contributed by atoms with E-state index in [1.807, 2.05) is 36.4 Å². The Bertz CT molecular complexity index is 663. The van der Waals surface area contributed by atoms with Crippen molar-refractivity contribution in [2.24, 2.45) is 5.92 Å². The van der Waals surface area contributed by atoms with Gasteiger partial charge in [-0.1, -0.05) is 0 Å². The largest absolute Gasteiger partial charge is 0.497 e. The number of carbonyl (C=O) groups is 1. The molecule has 114 valence electrons. The summed E-state index contributed by atoms with van der Waals surface area (Å²) in [5.74, 6) is 3.35. The van der Waals surface area contributed by atoms with Crippen LogP contribution >= 0.6 is 0 Å². The van der Waals surface area contributed by atoms with Gasteiger partial charge in [-0.25, -0.2) is 0 Å². The van der Waals surface area contributed by atoms with E-state index < -0.39 is 0 Å². The van der Waals surface area contributed by atoms with Gasteiger partial charge in [-0.05, 0) is 61.4 Å². The highest BCUT2D eigenvalue weighted by Crippen LogP contribution is 2.30. The van der Waals surface area contributed by atoms with Crippen molar-refractivity contribution >= 4 is 11.9 Å². The maximum atomic E-state index is 11.6. The Morgan fingerprint density at radius 2 is 1.91 bits per heavy atom. The second-order valence-corrected chi connectivity index (χ2v) is 5.28. The van der Waals surface area contributed by atoms with Crippen molar-refractivity contribution in [3.63, 3.8) is 0 Å². The Hall–Kier alpha value is -2.49. The van der Waals surface area contributed by atoms with Crippen LogP contribution in [0.25, 0.3) is 6.08 Å². The molecule has 0 bridgehead atoms. The van der Waals surface area contributed by atoms with Crippen LogP contribution in [0.15, 0.2) is 46.9 Å². The average Bonchev–Trinajstić information content (AvgIpc) is 3.31. The topological polar surface area (TPSA) is 48.7 Å². The number of hydrogen-bond acceptors (Lipinski definition) is 4. The smallest absolute Gasteiger partial charge is 0.158 e. The summed E-state index contributed by atoms with van der Waals surface area (Å²) in [7, 11) is 1.63. The fourth-order valence-corrected chi connectivity index (χ4v) is 2.06. The fourth-order valence-electron chi connectivity index (χ4n) is 2.06. The first-order valence-electron chi connectivity index (χ1n) is 7.32. The predicted molar refractivity (Wildman–Crippen MR) is 82.8 cm³/mol. The number of ketones is 1. The lowest BCUT2D eigenvalue weighted by atomic mass is 10.2. The molecule has 0 spiro atoms. The third kappa shape index (κ3) is 3.79. The van der Waals surface area contributed by atoms with E-state index in [2.05, 4.69) is 0 Å². The average molecular weight is 298 g/mol. The molecule has 0 atom stereocenters. The zero-order valence-electron chi connectivity index (χ0n) is 12.5. The summed E-state index contributed by atoms with van der Waals surface area (Å²) in [4.78, 5) is 11.6. The summed E-state index contributed by atoms with van der Waals surface area (Å²) >= 11 is 0. The Morgan fingerprint density at radius 1 is 1.18 bits per heavy atom. The van der Waals surface area contributed by atoms with E-state index in [4.69, 9.17) is 13.9 Å². The minimum Gasteiger partial charge on any atom is -0.497 e. The lowest BCUT2D eigenvalue weighted by molar-refractivity contribution is -0.115. The number of ether oxygens (including phenoxy) is 2. The molecule has 1 fully saturated rings. The number of furan rings is 1. The summed E-state index contributed by atoms with van der Waals surface area (Å²) in [5.41, 5.74) is 0. The van der Waals surface area contributed by atoms with Crippen molar-refractivity contribution < 1.29 is 18.7 Å². The summed E-state index contributed by atoms with van der Waals surface area (Å²) in [5, 5.41) is 0. The standard InChI is InChI=1S/C18H18O4/c1-20-14-4-6-15(7-5-14)21-12-17-9-8-16(22-17)10-11-18(19)13-2-3-13/h4-11,13H,2-3,12H2,1H3/b11-10+. The first-order valence-corrected chi connectivity index (χ1v) is 7.32. The van der Waals surface area contributed by atoms with Crippen molar-refractivity contribution in [1.29, 1.82) is 0 Å². The van der Waals surface area contributed by atoms with Gasteiger partial charge in [-0.15, -0.1) is 0 Å². The van der Waals surface area contributed by atoms with Gasteiger partial charge >= 0.3 is 0 Å². The number of allylic oxidation sites excluding steroid dienone is 1.